The highest BCUT2D eigenvalue weighted by Gasteiger charge is 2.06. The Balaban J connectivity index is 2.57. The third kappa shape index (κ3) is 1.80. The van der Waals surface area contributed by atoms with E-state index in [2.05, 4.69) is 25.9 Å². The smallest absolute Gasteiger partial charge is 0.220 e. The summed E-state index contributed by atoms with van der Waals surface area (Å²) in [7, 11) is 0. The summed E-state index contributed by atoms with van der Waals surface area (Å²) >= 11 is 3.24. The molecule has 14 heavy (non-hydrogen) atoms. The van der Waals surface area contributed by atoms with Crippen molar-refractivity contribution in [2.24, 2.45) is 0 Å². The van der Waals surface area contributed by atoms with Crippen molar-refractivity contribution in [2.75, 3.05) is 0 Å². The van der Waals surface area contributed by atoms with Gasteiger partial charge in [0.05, 0.1) is 0 Å². The van der Waals surface area contributed by atoms with Gasteiger partial charge in [-0.05, 0) is 28.1 Å². The normalized spacial score (nSPS) is 10.1. The minimum Gasteiger partial charge on any atom is -0.264 e. The van der Waals surface area contributed by atoms with Crippen LogP contribution in [0, 0.1) is 5.95 Å². The van der Waals surface area contributed by atoms with Crippen LogP contribution >= 0.6 is 15.9 Å². The Morgan fingerprint density at radius 2 is 2.14 bits per heavy atom. The largest absolute Gasteiger partial charge is 0.264 e. The predicted molar refractivity (Wildman–Crippen MR) is 55.1 cm³/mol. The molecule has 0 fully saturated rings. The maximum absolute atomic E-state index is 13.3. The lowest BCUT2D eigenvalue weighted by molar-refractivity contribution is 0.587. The molecule has 0 spiro atoms. The maximum atomic E-state index is 13.3. The van der Waals surface area contributed by atoms with E-state index in [-0.39, 0.29) is 0 Å². The first-order valence-electron chi connectivity index (χ1n) is 3.99. The van der Waals surface area contributed by atoms with Crippen LogP contribution in [-0.2, 0) is 0 Å². The van der Waals surface area contributed by atoms with E-state index in [0.29, 0.717) is 5.56 Å². The van der Waals surface area contributed by atoms with Crippen molar-refractivity contribution in [1.29, 1.82) is 0 Å². The van der Waals surface area contributed by atoms with Crippen LogP contribution in [-0.4, -0.2) is 9.97 Å². The number of nitrogens with zero attached hydrogens (tertiary/aromatic N) is 2. The molecule has 2 nitrogen and oxygen atoms in total. The van der Waals surface area contributed by atoms with E-state index in [1.807, 2.05) is 0 Å². The maximum Gasteiger partial charge on any atom is 0.220 e. The van der Waals surface area contributed by atoms with E-state index in [9.17, 15) is 4.39 Å². The SMILES string of the molecule is Fc1ncc(Br)cc1-c1cccnc1. The summed E-state index contributed by atoms with van der Waals surface area (Å²) in [4.78, 5) is 7.54. The van der Waals surface area contributed by atoms with Crippen LogP contribution in [0.3, 0.4) is 0 Å². The first kappa shape index (κ1) is 9.27. The average molecular weight is 253 g/mol. The first-order chi connectivity index (χ1) is 6.77. The number of halogens is 2. The molecule has 0 radical (unpaired) electrons. The van der Waals surface area contributed by atoms with Gasteiger partial charge in [-0.15, -0.1) is 0 Å². The third-order valence-electron chi connectivity index (χ3n) is 1.78. The van der Waals surface area contributed by atoms with Gasteiger partial charge in [0, 0.05) is 34.2 Å². The fourth-order valence-corrected chi connectivity index (χ4v) is 1.48. The zero-order valence-electron chi connectivity index (χ0n) is 7.11. The van der Waals surface area contributed by atoms with E-state index in [4.69, 9.17) is 0 Å². The van der Waals surface area contributed by atoms with Crippen molar-refractivity contribution in [3.63, 3.8) is 0 Å². The predicted octanol–water partition coefficient (Wildman–Crippen LogP) is 3.05. The molecule has 2 aromatic heterocycles. The van der Waals surface area contributed by atoms with Crippen LogP contribution in [0.5, 0.6) is 0 Å². The van der Waals surface area contributed by atoms with Crippen LogP contribution in [0.2, 0.25) is 0 Å². The van der Waals surface area contributed by atoms with Crippen molar-refractivity contribution < 1.29 is 4.39 Å². The first-order valence-corrected chi connectivity index (χ1v) is 4.78. The van der Waals surface area contributed by atoms with E-state index >= 15 is 0 Å². The molecule has 0 aliphatic heterocycles. The van der Waals surface area contributed by atoms with Gasteiger partial charge in [-0.1, -0.05) is 6.07 Å². The molecule has 0 aromatic carbocycles. The molecular formula is C10H6BrFN2. The summed E-state index contributed by atoms with van der Waals surface area (Å²) in [5, 5.41) is 0. The number of rotatable bonds is 1. The Morgan fingerprint density at radius 3 is 2.86 bits per heavy atom. The highest BCUT2D eigenvalue weighted by atomic mass is 79.9. The second kappa shape index (κ2) is 3.84. The number of hydrogen-bond acceptors (Lipinski definition) is 2. The molecule has 70 valence electrons. The van der Waals surface area contributed by atoms with Crippen molar-refractivity contribution in [1.82, 2.24) is 9.97 Å². The van der Waals surface area contributed by atoms with Gasteiger partial charge >= 0.3 is 0 Å². The second-order valence-corrected chi connectivity index (χ2v) is 3.65. The second-order valence-electron chi connectivity index (χ2n) is 2.73. The highest BCUT2D eigenvalue weighted by molar-refractivity contribution is 9.10. The average Bonchev–Trinajstić information content (AvgIpc) is 2.23. The molecule has 2 aromatic rings. The molecular weight excluding hydrogens is 247 g/mol. The summed E-state index contributed by atoms with van der Waals surface area (Å²) in [6.45, 7) is 0. The molecule has 0 saturated carbocycles. The summed E-state index contributed by atoms with van der Waals surface area (Å²) < 4.78 is 14.0. The standard InChI is InChI=1S/C10H6BrFN2/c11-8-4-9(10(12)14-6-8)7-2-1-3-13-5-7/h1-6H. The summed E-state index contributed by atoms with van der Waals surface area (Å²) in [6.07, 6.45) is 4.68. The minimum atomic E-state index is -0.485. The zero-order valence-corrected chi connectivity index (χ0v) is 8.70. The van der Waals surface area contributed by atoms with Crippen LogP contribution in [0.4, 0.5) is 4.39 Å². The van der Waals surface area contributed by atoms with Crippen LogP contribution in [0.15, 0.2) is 41.3 Å². The molecule has 0 aliphatic rings. The Labute approximate surface area is 89.0 Å². The highest BCUT2D eigenvalue weighted by Crippen LogP contribution is 2.23. The lowest BCUT2D eigenvalue weighted by Crippen LogP contribution is -1.88. The molecule has 0 unspecified atom stereocenters. The van der Waals surface area contributed by atoms with E-state index in [1.165, 1.54) is 6.20 Å². The van der Waals surface area contributed by atoms with Gasteiger partial charge in [0.2, 0.25) is 5.95 Å². The molecule has 0 amide bonds. The van der Waals surface area contributed by atoms with Gasteiger partial charge in [-0.25, -0.2) is 4.98 Å². The van der Waals surface area contributed by atoms with Crippen molar-refractivity contribution >= 4 is 15.9 Å². The zero-order chi connectivity index (χ0) is 9.97. The third-order valence-corrected chi connectivity index (χ3v) is 2.21. The molecule has 0 bridgehead atoms. The van der Waals surface area contributed by atoms with Gasteiger partial charge in [0.15, 0.2) is 0 Å². The number of hydrogen-bond donors (Lipinski definition) is 0. The lowest BCUT2D eigenvalue weighted by Gasteiger charge is -2.01. The Hall–Kier alpha value is -1.29. The molecule has 2 heterocycles. The Bertz CT molecular complexity index is 445. The fraction of sp³-hybridized carbons (Fsp3) is 0. The van der Waals surface area contributed by atoms with Crippen LogP contribution in [0.25, 0.3) is 11.1 Å². The van der Waals surface area contributed by atoms with Gasteiger partial charge in [0.1, 0.15) is 0 Å². The van der Waals surface area contributed by atoms with Crippen molar-refractivity contribution in [2.45, 2.75) is 0 Å². The molecule has 2 rings (SSSR count). The molecule has 0 N–H and O–H groups in total. The van der Waals surface area contributed by atoms with Crippen LogP contribution < -0.4 is 0 Å². The molecule has 0 aliphatic carbocycles. The number of pyridine rings is 2. The van der Waals surface area contributed by atoms with Crippen molar-refractivity contribution in [3.8, 4) is 11.1 Å². The monoisotopic (exact) mass is 252 g/mol. The molecule has 4 heteroatoms. The fourth-order valence-electron chi connectivity index (χ4n) is 1.15. The summed E-state index contributed by atoms with van der Waals surface area (Å²) in [5.74, 6) is -0.485. The van der Waals surface area contributed by atoms with E-state index in [0.717, 1.165) is 10.0 Å². The van der Waals surface area contributed by atoms with Gasteiger partial charge in [-0.3, -0.25) is 4.98 Å². The van der Waals surface area contributed by atoms with E-state index in [1.54, 1.807) is 30.6 Å². The lowest BCUT2D eigenvalue weighted by atomic mass is 10.1. The topological polar surface area (TPSA) is 25.8 Å². The molecule has 0 atom stereocenters. The number of aromatic nitrogens is 2. The van der Waals surface area contributed by atoms with Crippen molar-refractivity contribution in [3.05, 3.63) is 47.2 Å². The van der Waals surface area contributed by atoms with Gasteiger partial charge in [-0.2, -0.15) is 4.39 Å². The van der Waals surface area contributed by atoms with Gasteiger partial charge in [0.25, 0.3) is 0 Å². The van der Waals surface area contributed by atoms with Gasteiger partial charge < -0.3 is 0 Å². The Kier molecular flexibility index (Phi) is 2.54. The minimum absolute atomic E-state index is 0.451. The van der Waals surface area contributed by atoms with E-state index < -0.39 is 5.95 Å². The summed E-state index contributed by atoms with van der Waals surface area (Å²) in [5.41, 5.74) is 1.17. The quantitative estimate of drug-likeness (QED) is 0.730. The molecule has 0 saturated heterocycles. The van der Waals surface area contributed by atoms with Crippen LogP contribution in [0.1, 0.15) is 0 Å². The summed E-state index contributed by atoms with van der Waals surface area (Å²) in [6, 6.07) is 5.23. The Morgan fingerprint density at radius 1 is 1.29 bits per heavy atom.